The van der Waals surface area contributed by atoms with E-state index in [1.807, 2.05) is 0 Å². The smallest absolute Gasteiger partial charge is 0.220 e. The molecule has 16 heavy (non-hydrogen) atoms. The first-order valence-corrected chi connectivity index (χ1v) is 6.26. The van der Waals surface area contributed by atoms with Gasteiger partial charge < -0.3 is 10.6 Å². The largest absolute Gasteiger partial charge is 0.353 e. The molecule has 1 amide bonds. The van der Waals surface area contributed by atoms with Gasteiger partial charge in [-0.05, 0) is 57.5 Å². The molecule has 2 fully saturated rings. The van der Waals surface area contributed by atoms with Crippen LogP contribution in [0.2, 0.25) is 0 Å². The van der Waals surface area contributed by atoms with E-state index in [2.05, 4.69) is 17.6 Å². The Kier molecular flexibility index (Phi) is 5.56. The average molecular weight is 247 g/mol. The van der Waals surface area contributed by atoms with E-state index in [4.69, 9.17) is 0 Å². The fourth-order valence-electron chi connectivity index (χ4n) is 2.37. The molecule has 94 valence electrons. The summed E-state index contributed by atoms with van der Waals surface area (Å²) in [4.78, 5) is 11.7. The topological polar surface area (TPSA) is 41.1 Å². The maximum atomic E-state index is 11.7. The van der Waals surface area contributed by atoms with E-state index >= 15 is 0 Å². The molecule has 2 aliphatic rings. The Bertz CT molecular complexity index is 225. The molecule has 1 heterocycles. The Morgan fingerprint density at radius 1 is 1.31 bits per heavy atom. The summed E-state index contributed by atoms with van der Waals surface area (Å²) in [5, 5.41) is 6.46. The summed E-state index contributed by atoms with van der Waals surface area (Å²) < 4.78 is 0. The van der Waals surface area contributed by atoms with Crippen molar-refractivity contribution in [3.05, 3.63) is 0 Å². The lowest BCUT2D eigenvalue weighted by Gasteiger charge is -2.23. The van der Waals surface area contributed by atoms with E-state index < -0.39 is 0 Å². The monoisotopic (exact) mass is 246 g/mol. The molecule has 2 N–H and O–H groups in total. The Labute approximate surface area is 104 Å². The molecule has 0 aromatic rings. The van der Waals surface area contributed by atoms with Crippen LogP contribution in [0.15, 0.2) is 0 Å². The predicted octanol–water partition coefficient (Wildman–Crippen LogP) is 1.71. The van der Waals surface area contributed by atoms with Gasteiger partial charge in [-0.15, -0.1) is 12.4 Å². The number of carbonyl (C=O) groups excluding carboxylic acids is 1. The van der Waals surface area contributed by atoms with Crippen LogP contribution >= 0.6 is 12.4 Å². The molecule has 1 saturated carbocycles. The molecule has 0 bridgehead atoms. The number of piperidine rings is 1. The molecule has 0 spiro atoms. The van der Waals surface area contributed by atoms with Crippen molar-refractivity contribution in [3.63, 3.8) is 0 Å². The van der Waals surface area contributed by atoms with Gasteiger partial charge in [-0.1, -0.05) is 0 Å². The highest BCUT2D eigenvalue weighted by Gasteiger charge is 2.29. The van der Waals surface area contributed by atoms with E-state index in [-0.39, 0.29) is 18.3 Å². The van der Waals surface area contributed by atoms with Crippen molar-refractivity contribution >= 4 is 18.3 Å². The van der Waals surface area contributed by atoms with Crippen molar-refractivity contribution < 1.29 is 4.79 Å². The third kappa shape index (κ3) is 4.30. The van der Waals surface area contributed by atoms with E-state index in [1.165, 1.54) is 12.8 Å². The molecule has 1 aliphatic carbocycles. The molecule has 0 aromatic heterocycles. The zero-order valence-electron chi connectivity index (χ0n) is 10.00. The fourth-order valence-corrected chi connectivity index (χ4v) is 2.37. The molecule has 3 nitrogen and oxygen atoms in total. The first-order chi connectivity index (χ1) is 7.25. The molecule has 1 saturated heterocycles. The molecule has 1 atom stereocenters. The van der Waals surface area contributed by atoms with Gasteiger partial charge in [0, 0.05) is 12.5 Å². The van der Waals surface area contributed by atoms with Crippen molar-refractivity contribution in [2.75, 3.05) is 13.1 Å². The van der Waals surface area contributed by atoms with Gasteiger partial charge in [-0.25, -0.2) is 0 Å². The fraction of sp³-hybridized carbons (Fsp3) is 0.917. The van der Waals surface area contributed by atoms with Crippen LogP contribution in [0, 0.1) is 11.8 Å². The maximum Gasteiger partial charge on any atom is 0.220 e. The number of amides is 1. The molecule has 1 aliphatic heterocycles. The summed E-state index contributed by atoms with van der Waals surface area (Å²) in [5.41, 5.74) is 0. The van der Waals surface area contributed by atoms with Crippen LogP contribution in [0.1, 0.15) is 39.0 Å². The normalized spacial score (nSPS) is 23.3. The highest BCUT2D eigenvalue weighted by Crippen LogP contribution is 2.32. The number of hydrogen-bond acceptors (Lipinski definition) is 2. The summed E-state index contributed by atoms with van der Waals surface area (Å²) in [7, 11) is 0. The zero-order chi connectivity index (χ0) is 10.7. The summed E-state index contributed by atoms with van der Waals surface area (Å²) in [6, 6.07) is 0.402. The molecule has 4 heteroatoms. The maximum absolute atomic E-state index is 11.7. The van der Waals surface area contributed by atoms with E-state index in [0.717, 1.165) is 38.3 Å². The van der Waals surface area contributed by atoms with Crippen LogP contribution in [0.3, 0.4) is 0 Å². The van der Waals surface area contributed by atoms with Crippen molar-refractivity contribution in [1.29, 1.82) is 0 Å². The molecule has 2 rings (SSSR count). The number of carbonyl (C=O) groups is 1. The lowest BCUT2D eigenvalue weighted by atomic mass is 9.94. The minimum Gasteiger partial charge on any atom is -0.353 e. The van der Waals surface area contributed by atoms with E-state index in [1.54, 1.807) is 0 Å². The summed E-state index contributed by atoms with van der Waals surface area (Å²) in [5.74, 6) is 1.64. The number of hydrogen-bond donors (Lipinski definition) is 2. The van der Waals surface area contributed by atoms with Crippen molar-refractivity contribution in [2.24, 2.45) is 11.8 Å². The Morgan fingerprint density at radius 2 is 1.94 bits per heavy atom. The number of rotatable bonds is 4. The van der Waals surface area contributed by atoms with Gasteiger partial charge in [-0.2, -0.15) is 0 Å². The van der Waals surface area contributed by atoms with Crippen LogP contribution in [0.4, 0.5) is 0 Å². The number of halogens is 1. The van der Waals surface area contributed by atoms with Gasteiger partial charge in [0.25, 0.3) is 0 Å². The third-order valence-electron chi connectivity index (χ3n) is 3.65. The second-order valence-electron chi connectivity index (χ2n) is 5.09. The predicted molar refractivity (Wildman–Crippen MR) is 67.8 cm³/mol. The summed E-state index contributed by atoms with van der Waals surface area (Å²) in [6.45, 7) is 4.30. The van der Waals surface area contributed by atoms with Crippen LogP contribution in [-0.4, -0.2) is 25.0 Å². The first-order valence-electron chi connectivity index (χ1n) is 6.26. The second-order valence-corrected chi connectivity index (χ2v) is 5.09. The highest BCUT2D eigenvalue weighted by molar-refractivity contribution is 5.85. The van der Waals surface area contributed by atoms with Gasteiger partial charge in [-0.3, -0.25) is 4.79 Å². The lowest BCUT2D eigenvalue weighted by molar-refractivity contribution is -0.122. The minimum atomic E-state index is 0. The first kappa shape index (κ1) is 13.8. The molecule has 0 radical (unpaired) electrons. The standard InChI is InChI=1S/C12H22N2O.ClH/c1-9(11-2-3-11)14-12(15)8-10-4-6-13-7-5-10;/h9-11,13H,2-8H2,1H3,(H,14,15);1H. The van der Waals surface area contributed by atoms with Crippen LogP contribution in [0.25, 0.3) is 0 Å². The summed E-state index contributed by atoms with van der Waals surface area (Å²) in [6.07, 6.45) is 5.65. The molecule has 1 unspecified atom stereocenters. The SMILES string of the molecule is CC(NC(=O)CC1CCNCC1)C1CC1.Cl. The Hall–Kier alpha value is -0.280. The van der Waals surface area contributed by atoms with Crippen molar-refractivity contribution in [3.8, 4) is 0 Å². The van der Waals surface area contributed by atoms with E-state index in [9.17, 15) is 4.79 Å². The summed E-state index contributed by atoms with van der Waals surface area (Å²) >= 11 is 0. The highest BCUT2D eigenvalue weighted by atomic mass is 35.5. The Balaban J connectivity index is 0.00000128. The van der Waals surface area contributed by atoms with Crippen LogP contribution < -0.4 is 10.6 Å². The minimum absolute atomic E-state index is 0. The molecule has 0 aromatic carbocycles. The van der Waals surface area contributed by atoms with Gasteiger partial charge in [0.2, 0.25) is 5.91 Å². The van der Waals surface area contributed by atoms with Crippen LogP contribution in [0.5, 0.6) is 0 Å². The average Bonchev–Trinajstić information content (AvgIpc) is 3.01. The van der Waals surface area contributed by atoms with Crippen LogP contribution in [-0.2, 0) is 4.79 Å². The van der Waals surface area contributed by atoms with Gasteiger partial charge in [0.15, 0.2) is 0 Å². The molecular formula is C12H23ClN2O. The van der Waals surface area contributed by atoms with Gasteiger partial charge in [0.05, 0.1) is 0 Å². The molecular weight excluding hydrogens is 224 g/mol. The zero-order valence-corrected chi connectivity index (χ0v) is 10.8. The quantitative estimate of drug-likeness (QED) is 0.793. The number of nitrogens with one attached hydrogen (secondary N) is 2. The lowest BCUT2D eigenvalue weighted by Crippen LogP contribution is -2.37. The van der Waals surface area contributed by atoms with Crippen molar-refractivity contribution in [1.82, 2.24) is 10.6 Å². The van der Waals surface area contributed by atoms with Crippen molar-refractivity contribution in [2.45, 2.75) is 45.1 Å². The second kappa shape index (κ2) is 6.45. The van der Waals surface area contributed by atoms with Gasteiger partial charge >= 0.3 is 0 Å². The van der Waals surface area contributed by atoms with Gasteiger partial charge in [0.1, 0.15) is 0 Å². The van der Waals surface area contributed by atoms with E-state index in [0.29, 0.717) is 12.0 Å². The Morgan fingerprint density at radius 3 is 2.50 bits per heavy atom. The third-order valence-corrected chi connectivity index (χ3v) is 3.65.